The number of nitrogens with one attached hydrogen (secondary N) is 1. The molecule has 0 heterocycles. The summed E-state index contributed by atoms with van der Waals surface area (Å²) in [5.74, 6) is 0.400. The van der Waals surface area contributed by atoms with E-state index >= 15 is 0 Å². The summed E-state index contributed by atoms with van der Waals surface area (Å²) in [6.07, 6.45) is -2.47. The van der Waals surface area contributed by atoms with Crippen molar-refractivity contribution in [2.45, 2.75) is 52.6 Å². The minimum Gasteiger partial charge on any atom is -0.406 e. The Kier molecular flexibility index (Phi) is 6.33. The van der Waals surface area contributed by atoms with Crippen molar-refractivity contribution in [3.63, 3.8) is 0 Å². The van der Waals surface area contributed by atoms with Crippen molar-refractivity contribution in [1.29, 1.82) is 0 Å². The van der Waals surface area contributed by atoms with Crippen LogP contribution in [-0.4, -0.2) is 12.4 Å². The van der Waals surface area contributed by atoms with Crippen LogP contribution in [-0.2, 0) is 6.54 Å². The second kappa shape index (κ2) is 7.53. The third kappa shape index (κ3) is 5.82. The highest BCUT2D eigenvalue weighted by Crippen LogP contribution is 2.23. The van der Waals surface area contributed by atoms with Gasteiger partial charge in [-0.05, 0) is 30.5 Å². The highest BCUT2D eigenvalue weighted by atomic mass is 19.4. The predicted molar refractivity (Wildman–Crippen MR) is 73.5 cm³/mol. The van der Waals surface area contributed by atoms with E-state index in [9.17, 15) is 13.2 Å². The maximum absolute atomic E-state index is 12.1. The van der Waals surface area contributed by atoms with Crippen LogP contribution in [0, 0.1) is 5.92 Å². The van der Waals surface area contributed by atoms with Gasteiger partial charge in [-0.3, -0.25) is 0 Å². The van der Waals surface area contributed by atoms with Crippen molar-refractivity contribution in [3.05, 3.63) is 29.8 Å². The van der Waals surface area contributed by atoms with Crippen LogP contribution in [0.5, 0.6) is 5.75 Å². The van der Waals surface area contributed by atoms with Crippen LogP contribution in [0.4, 0.5) is 13.2 Å². The van der Waals surface area contributed by atoms with Crippen LogP contribution in [0.15, 0.2) is 24.3 Å². The molecule has 1 atom stereocenters. The highest BCUT2D eigenvalue weighted by molar-refractivity contribution is 5.28. The normalized spacial score (nSPS) is 13.6. The number of hydrogen-bond donors (Lipinski definition) is 1. The molecule has 0 saturated carbocycles. The Morgan fingerprint density at radius 2 is 1.85 bits per heavy atom. The van der Waals surface area contributed by atoms with Gasteiger partial charge in [0.2, 0.25) is 0 Å². The molecule has 5 heteroatoms. The summed E-state index contributed by atoms with van der Waals surface area (Å²) in [6, 6.07) is 6.41. The molecule has 1 aromatic carbocycles. The van der Waals surface area contributed by atoms with Crippen LogP contribution >= 0.6 is 0 Å². The van der Waals surface area contributed by atoms with Crippen molar-refractivity contribution in [3.8, 4) is 5.75 Å². The number of benzene rings is 1. The number of halogens is 3. The summed E-state index contributed by atoms with van der Waals surface area (Å²) >= 11 is 0. The lowest BCUT2D eigenvalue weighted by atomic mass is 9.95. The van der Waals surface area contributed by atoms with Crippen LogP contribution < -0.4 is 10.1 Å². The van der Waals surface area contributed by atoms with Crippen LogP contribution in [0.25, 0.3) is 0 Å². The Hall–Kier alpha value is -1.23. The molecule has 0 saturated heterocycles. The van der Waals surface area contributed by atoms with Crippen molar-refractivity contribution in [2.75, 3.05) is 0 Å². The molecule has 114 valence electrons. The number of hydrogen-bond acceptors (Lipinski definition) is 2. The standard InChI is InChI=1S/C15H22F3NO/c1-4-13(5-2)11(3)19-10-12-7-6-8-14(9-12)20-15(16,17)18/h6-9,11,13,19H,4-5,10H2,1-3H3. The average Bonchev–Trinajstić information content (AvgIpc) is 2.36. The first kappa shape index (κ1) is 16.8. The maximum Gasteiger partial charge on any atom is 0.573 e. The predicted octanol–water partition coefficient (Wildman–Crippen LogP) is 4.50. The fourth-order valence-corrected chi connectivity index (χ4v) is 2.29. The maximum atomic E-state index is 12.1. The molecule has 2 nitrogen and oxygen atoms in total. The fourth-order valence-electron chi connectivity index (χ4n) is 2.29. The monoisotopic (exact) mass is 289 g/mol. The van der Waals surface area contributed by atoms with Gasteiger partial charge in [-0.2, -0.15) is 0 Å². The van der Waals surface area contributed by atoms with Gasteiger partial charge >= 0.3 is 6.36 Å². The summed E-state index contributed by atoms with van der Waals surface area (Å²) in [4.78, 5) is 0. The van der Waals surface area contributed by atoms with Gasteiger partial charge in [0.25, 0.3) is 0 Å². The molecular weight excluding hydrogens is 267 g/mol. The molecule has 0 aliphatic carbocycles. The Bertz CT molecular complexity index is 402. The van der Waals surface area contributed by atoms with Crippen LogP contribution in [0.3, 0.4) is 0 Å². The van der Waals surface area contributed by atoms with E-state index in [1.165, 1.54) is 12.1 Å². The van der Waals surface area contributed by atoms with E-state index in [1.54, 1.807) is 12.1 Å². The zero-order valence-corrected chi connectivity index (χ0v) is 12.1. The van der Waals surface area contributed by atoms with Crippen LogP contribution in [0.2, 0.25) is 0 Å². The first-order valence-electron chi connectivity index (χ1n) is 6.93. The van der Waals surface area contributed by atoms with Gasteiger partial charge in [-0.15, -0.1) is 13.2 Å². The van der Waals surface area contributed by atoms with Crippen molar-refractivity contribution >= 4 is 0 Å². The zero-order chi connectivity index (χ0) is 15.2. The van der Waals surface area contributed by atoms with Crippen LogP contribution in [0.1, 0.15) is 39.2 Å². The van der Waals surface area contributed by atoms with Gasteiger partial charge in [0.1, 0.15) is 5.75 Å². The zero-order valence-electron chi connectivity index (χ0n) is 12.1. The second-order valence-corrected chi connectivity index (χ2v) is 4.94. The largest absolute Gasteiger partial charge is 0.573 e. The van der Waals surface area contributed by atoms with Crippen molar-refractivity contribution in [2.24, 2.45) is 5.92 Å². The second-order valence-electron chi connectivity index (χ2n) is 4.94. The molecule has 1 aromatic rings. The van der Waals surface area contributed by atoms with Gasteiger partial charge in [0.05, 0.1) is 0 Å². The minimum absolute atomic E-state index is 0.174. The lowest BCUT2D eigenvalue weighted by Gasteiger charge is -2.22. The van der Waals surface area contributed by atoms with E-state index in [1.807, 2.05) is 0 Å². The molecule has 0 aliphatic rings. The molecule has 1 N–H and O–H groups in total. The average molecular weight is 289 g/mol. The van der Waals surface area contributed by atoms with E-state index in [-0.39, 0.29) is 5.75 Å². The third-order valence-electron chi connectivity index (χ3n) is 3.52. The topological polar surface area (TPSA) is 21.3 Å². The first-order chi connectivity index (χ1) is 9.35. The van der Waals surface area contributed by atoms with E-state index < -0.39 is 6.36 Å². The molecule has 0 spiro atoms. The summed E-state index contributed by atoms with van der Waals surface area (Å²) < 4.78 is 40.4. The van der Waals surface area contributed by atoms with Gasteiger partial charge in [0, 0.05) is 12.6 Å². The quantitative estimate of drug-likeness (QED) is 0.798. The molecule has 1 rings (SSSR count). The summed E-state index contributed by atoms with van der Waals surface area (Å²) in [5.41, 5.74) is 0.782. The Morgan fingerprint density at radius 3 is 2.40 bits per heavy atom. The first-order valence-corrected chi connectivity index (χ1v) is 6.93. The minimum atomic E-state index is -4.64. The molecule has 0 radical (unpaired) electrons. The van der Waals surface area contributed by atoms with Gasteiger partial charge in [-0.25, -0.2) is 0 Å². The van der Waals surface area contributed by atoms with Gasteiger partial charge < -0.3 is 10.1 Å². The highest BCUT2D eigenvalue weighted by Gasteiger charge is 2.31. The smallest absolute Gasteiger partial charge is 0.406 e. The molecule has 20 heavy (non-hydrogen) atoms. The lowest BCUT2D eigenvalue weighted by molar-refractivity contribution is -0.274. The molecule has 0 bridgehead atoms. The Morgan fingerprint density at radius 1 is 1.20 bits per heavy atom. The van der Waals surface area contributed by atoms with Crippen molar-refractivity contribution in [1.82, 2.24) is 5.32 Å². The fraction of sp³-hybridized carbons (Fsp3) is 0.600. The van der Waals surface area contributed by atoms with E-state index in [0.29, 0.717) is 18.5 Å². The number of alkyl halides is 3. The van der Waals surface area contributed by atoms with E-state index in [2.05, 4.69) is 30.8 Å². The number of ether oxygens (including phenoxy) is 1. The molecule has 0 fully saturated rings. The molecule has 0 amide bonds. The third-order valence-corrected chi connectivity index (χ3v) is 3.52. The summed E-state index contributed by atoms with van der Waals surface area (Å²) in [6.45, 7) is 6.93. The molecule has 0 aliphatic heterocycles. The summed E-state index contributed by atoms with van der Waals surface area (Å²) in [5, 5.41) is 3.35. The van der Waals surface area contributed by atoms with Gasteiger partial charge in [0.15, 0.2) is 0 Å². The molecule has 1 unspecified atom stereocenters. The Labute approximate surface area is 118 Å². The van der Waals surface area contributed by atoms with E-state index in [0.717, 1.165) is 18.4 Å². The van der Waals surface area contributed by atoms with Gasteiger partial charge in [-0.1, -0.05) is 38.8 Å². The molecule has 0 aromatic heterocycles. The van der Waals surface area contributed by atoms with Crippen molar-refractivity contribution < 1.29 is 17.9 Å². The SMILES string of the molecule is CCC(CC)C(C)NCc1cccc(OC(F)(F)F)c1. The lowest BCUT2D eigenvalue weighted by Crippen LogP contribution is -2.32. The Balaban J connectivity index is 2.58. The van der Waals surface area contributed by atoms with E-state index in [4.69, 9.17) is 0 Å². The summed E-state index contributed by atoms with van der Waals surface area (Å²) in [7, 11) is 0. The molecular formula is C15H22F3NO. The number of rotatable bonds is 7.